The van der Waals surface area contributed by atoms with Gasteiger partial charge in [-0.1, -0.05) is 36.4 Å². The Hall–Kier alpha value is -2.73. The van der Waals surface area contributed by atoms with Crippen LogP contribution in [0.2, 0.25) is 0 Å². The number of carboxylic acids is 1. The van der Waals surface area contributed by atoms with Crippen molar-refractivity contribution < 1.29 is 24.2 Å². The number of aryl methyl sites for hydroxylation is 1. The number of benzene rings is 2. The Bertz CT molecular complexity index is 854. The lowest BCUT2D eigenvalue weighted by atomic mass is 9.79. The summed E-state index contributed by atoms with van der Waals surface area (Å²) in [6.45, 7) is 0. The molecule has 1 aliphatic carbocycles. The second-order valence-electron chi connectivity index (χ2n) is 7.26. The number of carbonyl (C=O) groups excluding carboxylic acids is 1. The van der Waals surface area contributed by atoms with E-state index >= 15 is 0 Å². The minimum atomic E-state index is -1.19. The lowest BCUT2D eigenvalue weighted by Gasteiger charge is -2.28. The number of aliphatic hydroxyl groups excluding tert-OH is 1. The van der Waals surface area contributed by atoms with Crippen molar-refractivity contribution in [3.8, 4) is 0 Å². The topological polar surface area (TPSA) is 86.6 Å². The third kappa shape index (κ3) is 4.95. The first-order valence-corrected chi connectivity index (χ1v) is 9.47. The summed E-state index contributed by atoms with van der Waals surface area (Å²) in [4.78, 5) is 24.0. The highest BCUT2D eigenvalue weighted by atomic mass is 19.1. The van der Waals surface area contributed by atoms with Crippen LogP contribution >= 0.6 is 0 Å². The van der Waals surface area contributed by atoms with E-state index in [0.717, 1.165) is 30.9 Å². The smallest absolute Gasteiger partial charge is 0.326 e. The molecule has 0 spiro atoms. The molecule has 6 heteroatoms. The zero-order chi connectivity index (χ0) is 20.1. The Labute approximate surface area is 163 Å². The molecule has 0 saturated heterocycles. The lowest BCUT2D eigenvalue weighted by Crippen LogP contribution is -2.42. The van der Waals surface area contributed by atoms with Crippen LogP contribution in [0.3, 0.4) is 0 Å². The van der Waals surface area contributed by atoms with Gasteiger partial charge in [0.2, 0.25) is 5.91 Å². The van der Waals surface area contributed by atoms with Crippen LogP contribution in [-0.4, -0.2) is 28.1 Å². The van der Waals surface area contributed by atoms with Crippen LogP contribution in [0.15, 0.2) is 48.5 Å². The fourth-order valence-corrected chi connectivity index (χ4v) is 3.87. The minimum Gasteiger partial charge on any atom is -0.480 e. The molecule has 148 valence electrons. The Morgan fingerprint density at radius 2 is 1.96 bits per heavy atom. The largest absolute Gasteiger partial charge is 0.480 e. The molecule has 28 heavy (non-hydrogen) atoms. The highest BCUT2D eigenvalue weighted by Crippen LogP contribution is 2.34. The standard InChI is InChI=1S/C22H24FNO4/c23-17-9-4-8-16(11-17)20(25)13-21(26)24-19(22(27)28)12-15-7-3-6-14-5-1-2-10-18(14)15/h1-2,4-5,8-11,15,19-20,25H,3,6-7,12-13H2,(H,24,26)(H,27,28). The molecule has 2 aromatic rings. The Kier molecular flexibility index (Phi) is 6.41. The molecule has 1 amide bonds. The van der Waals surface area contributed by atoms with Gasteiger partial charge < -0.3 is 15.5 Å². The molecule has 0 radical (unpaired) electrons. The summed E-state index contributed by atoms with van der Waals surface area (Å²) in [7, 11) is 0. The predicted octanol–water partition coefficient (Wildman–Crippen LogP) is 3.33. The van der Waals surface area contributed by atoms with Crippen molar-refractivity contribution in [2.24, 2.45) is 0 Å². The van der Waals surface area contributed by atoms with E-state index in [1.54, 1.807) is 0 Å². The van der Waals surface area contributed by atoms with E-state index in [4.69, 9.17) is 0 Å². The number of carbonyl (C=O) groups is 2. The molecule has 1 aliphatic rings. The first-order chi connectivity index (χ1) is 13.4. The average molecular weight is 385 g/mol. The van der Waals surface area contributed by atoms with E-state index in [2.05, 4.69) is 11.4 Å². The van der Waals surface area contributed by atoms with Gasteiger partial charge >= 0.3 is 5.97 Å². The van der Waals surface area contributed by atoms with Crippen molar-refractivity contribution in [1.29, 1.82) is 0 Å². The Morgan fingerprint density at radius 3 is 2.71 bits per heavy atom. The second-order valence-corrected chi connectivity index (χ2v) is 7.26. The van der Waals surface area contributed by atoms with E-state index in [1.165, 1.54) is 23.8 Å². The molecule has 2 aromatic carbocycles. The van der Waals surface area contributed by atoms with Crippen LogP contribution in [0, 0.1) is 5.82 Å². The molecule has 0 bridgehead atoms. The summed E-state index contributed by atoms with van der Waals surface area (Å²) in [6.07, 6.45) is 1.63. The van der Waals surface area contributed by atoms with Gasteiger partial charge in [-0.25, -0.2) is 9.18 Å². The van der Waals surface area contributed by atoms with E-state index in [-0.39, 0.29) is 17.9 Å². The summed E-state index contributed by atoms with van der Waals surface area (Å²) in [5, 5.41) is 22.2. The Morgan fingerprint density at radius 1 is 1.18 bits per heavy atom. The van der Waals surface area contributed by atoms with Crippen LogP contribution in [0.5, 0.6) is 0 Å². The maximum atomic E-state index is 13.3. The van der Waals surface area contributed by atoms with Crippen LogP contribution in [-0.2, 0) is 16.0 Å². The van der Waals surface area contributed by atoms with Gasteiger partial charge in [-0.15, -0.1) is 0 Å². The summed E-state index contributed by atoms with van der Waals surface area (Å²) >= 11 is 0. The first-order valence-electron chi connectivity index (χ1n) is 9.47. The number of halogens is 1. The van der Waals surface area contributed by atoms with Crippen LogP contribution in [0.1, 0.15) is 54.4 Å². The van der Waals surface area contributed by atoms with Gasteiger partial charge in [-0.3, -0.25) is 4.79 Å². The molecule has 3 unspecified atom stereocenters. The third-order valence-corrected chi connectivity index (χ3v) is 5.26. The quantitative estimate of drug-likeness (QED) is 0.682. The van der Waals surface area contributed by atoms with Gasteiger partial charge in [0.15, 0.2) is 0 Å². The monoisotopic (exact) mass is 385 g/mol. The van der Waals surface area contributed by atoms with E-state index in [0.29, 0.717) is 6.42 Å². The summed E-state index contributed by atoms with van der Waals surface area (Å²) in [5.74, 6) is -2.11. The van der Waals surface area contributed by atoms with Crippen molar-refractivity contribution in [2.45, 2.75) is 50.2 Å². The number of rotatable bonds is 7. The molecule has 3 rings (SSSR count). The zero-order valence-electron chi connectivity index (χ0n) is 15.5. The van der Waals surface area contributed by atoms with Crippen LogP contribution < -0.4 is 5.32 Å². The zero-order valence-corrected chi connectivity index (χ0v) is 15.5. The van der Waals surface area contributed by atoms with Gasteiger partial charge in [0.25, 0.3) is 0 Å². The van der Waals surface area contributed by atoms with Gasteiger partial charge in [0.05, 0.1) is 12.5 Å². The van der Waals surface area contributed by atoms with Crippen molar-refractivity contribution in [3.63, 3.8) is 0 Å². The van der Waals surface area contributed by atoms with Crippen LogP contribution in [0.4, 0.5) is 4.39 Å². The van der Waals surface area contributed by atoms with Gasteiger partial charge in [-0.05, 0) is 60.4 Å². The number of fused-ring (bicyclic) bond motifs is 1. The molecule has 5 nitrogen and oxygen atoms in total. The highest BCUT2D eigenvalue weighted by molar-refractivity contribution is 5.83. The fourth-order valence-electron chi connectivity index (χ4n) is 3.87. The summed E-state index contributed by atoms with van der Waals surface area (Å²) in [6, 6.07) is 12.3. The number of aliphatic hydroxyl groups is 1. The molecule has 0 saturated carbocycles. The van der Waals surface area contributed by atoms with E-state index in [9.17, 15) is 24.2 Å². The summed E-state index contributed by atoms with van der Waals surface area (Å²) < 4.78 is 13.3. The fraction of sp³-hybridized carbons (Fsp3) is 0.364. The summed E-state index contributed by atoms with van der Waals surface area (Å²) in [5.41, 5.74) is 2.66. The maximum absolute atomic E-state index is 13.3. The number of hydrogen-bond donors (Lipinski definition) is 3. The molecule has 3 atom stereocenters. The minimum absolute atomic E-state index is 0.0690. The second kappa shape index (κ2) is 8.97. The Balaban J connectivity index is 1.63. The number of carboxylic acid groups (broad SMARTS) is 1. The molecule has 0 aliphatic heterocycles. The van der Waals surface area contributed by atoms with E-state index in [1.807, 2.05) is 18.2 Å². The average Bonchev–Trinajstić information content (AvgIpc) is 2.67. The van der Waals surface area contributed by atoms with Gasteiger partial charge in [0.1, 0.15) is 11.9 Å². The molecule has 0 fully saturated rings. The maximum Gasteiger partial charge on any atom is 0.326 e. The predicted molar refractivity (Wildman–Crippen MR) is 102 cm³/mol. The number of nitrogens with one attached hydrogen (secondary N) is 1. The third-order valence-electron chi connectivity index (χ3n) is 5.26. The highest BCUT2D eigenvalue weighted by Gasteiger charge is 2.28. The van der Waals surface area contributed by atoms with Crippen molar-refractivity contribution in [2.75, 3.05) is 0 Å². The normalized spacial score (nSPS) is 18.0. The first kappa shape index (κ1) is 20.0. The van der Waals surface area contributed by atoms with E-state index < -0.39 is 29.8 Å². The molecule has 0 aromatic heterocycles. The lowest BCUT2D eigenvalue weighted by molar-refractivity contribution is -0.142. The van der Waals surface area contributed by atoms with Crippen molar-refractivity contribution in [1.82, 2.24) is 5.32 Å². The number of amides is 1. The van der Waals surface area contributed by atoms with Crippen molar-refractivity contribution >= 4 is 11.9 Å². The van der Waals surface area contributed by atoms with Gasteiger partial charge in [0, 0.05) is 0 Å². The SMILES string of the molecule is O=C(CC(O)c1cccc(F)c1)NC(CC1CCCc2ccccc21)C(=O)O. The molecule has 0 heterocycles. The van der Waals surface area contributed by atoms with Gasteiger partial charge in [-0.2, -0.15) is 0 Å². The number of hydrogen-bond acceptors (Lipinski definition) is 3. The van der Waals surface area contributed by atoms with Crippen molar-refractivity contribution in [3.05, 3.63) is 71.0 Å². The molecular formula is C22H24FNO4. The number of aliphatic carboxylic acids is 1. The van der Waals surface area contributed by atoms with Crippen LogP contribution in [0.25, 0.3) is 0 Å². The molecule has 3 N–H and O–H groups in total. The molecular weight excluding hydrogens is 361 g/mol.